The van der Waals surface area contributed by atoms with E-state index in [9.17, 15) is 17.2 Å². The molecule has 0 saturated carbocycles. The number of alkyl halides is 2. The normalized spacial score (nSPS) is 22.6. The summed E-state index contributed by atoms with van der Waals surface area (Å²) in [7, 11) is -3.89. The van der Waals surface area contributed by atoms with Crippen LogP contribution in [0.5, 0.6) is 0 Å². The third kappa shape index (κ3) is 3.71. The second kappa shape index (κ2) is 5.15. The minimum absolute atomic E-state index is 0.0304. The standard InChI is InChI=1S/C12H15F2NO3S/c1-9-2-4-11(5-3-9)19(16,17)18-7-10-6-12(13,14)8-15-10/h2-5,10,15H,6-8H2,1H3/t10-/m1/s1. The van der Waals surface area contributed by atoms with Crippen LogP contribution in [-0.4, -0.2) is 33.5 Å². The van der Waals surface area contributed by atoms with E-state index < -0.39 is 35.0 Å². The zero-order chi connectivity index (χ0) is 14.1. The van der Waals surface area contributed by atoms with Crippen LogP contribution in [0.2, 0.25) is 0 Å². The molecule has 106 valence electrons. The molecule has 0 bridgehead atoms. The van der Waals surface area contributed by atoms with Crippen molar-refractivity contribution in [1.82, 2.24) is 5.32 Å². The third-order valence-electron chi connectivity index (χ3n) is 2.93. The van der Waals surface area contributed by atoms with E-state index in [1.165, 1.54) is 12.1 Å². The summed E-state index contributed by atoms with van der Waals surface area (Å²) >= 11 is 0. The summed E-state index contributed by atoms with van der Waals surface area (Å²) in [6, 6.07) is 5.52. The first-order chi connectivity index (χ1) is 8.78. The number of nitrogens with one attached hydrogen (secondary N) is 1. The summed E-state index contributed by atoms with van der Waals surface area (Å²) in [5.41, 5.74) is 0.927. The van der Waals surface area contributed by atoms with Crippen LogP contribution in [-0.2, 0) is 14.3 Å². The molecule has 1 aliphatic heterocycles. The van der Waals surface area contributed by atoms with Crippen LogP contribution < -0.4 is 5.32 Å². The van der Waals surface area contributed by atoms with Gasteiger partial charge in [-0.25, -0.2) is 8.78 Å². The molecular weight excluding hydrogens is 276 g/mol. The minimum atomic E-state index is -3.89. The van der Waals surface area contributed by atoms with Gasteiger partial charge in [0.2, 0.25) is 0 Å². The molecule has 4 nitrogen and oxygen atoms in total. The summed E-state index contributed by atoms with van der Waals surface area (Å²) in [5, 5.41) is 2.54. The van der Waals surface area contributed by atoms with Gasteiger partial charge in [0, 0.05) is 12.5 Å². The van der Waals surface area contributed by atoms with Crippen molar-refractivity contribution in [2.75, 3.05) is 13.2 Å². The highest BCUT2D eigenvalue weighted by atomic mass is 32.2. The van der Waals surface area contributed by atoms with Crippen molar-refractivity contribution in [3.8, 4) is 0 Å². The Morgan fingerprint density at radius 1 is 1.37 bits per heavy atom. The minimum Gasteiger partial charge on any atom is -0.306 e. The van der Waals surface area contributed by atoms with Gasteiger partial charge in [-0.15, -0.1) is 0 Å². The van der Waals surface area contributed by atoms with Gasteiger partial charge < -0.3 is 5.32 Å². The van der Waals surface area contributed by atoms with E-state index in [1.54, 1.807) is 12.1 Å². The van der Waals surface area contributed by atoms with Crippen molar-refractivity contribution >= 4 is 10.1 Å². The van der Waals surface area contributed by atoms with E-state index >= 15 is 0 Å². The van der Waals surface area contributed by atoms with Crippen LogP contribution in [0.15, 0.2) is 29.2 Å². The quantitative estimate of drug-likeness (QED) is 0.858. The van der Waals surface area contributed by atoms with Crippen LogP contribution in [0.3, 0.4) is 0 Å². The fraction of sp³-hybridized carbons (Fsp3) is 0.500. The number of aryl methyl sites for hydroxylation is 1. The zero-order valence-electron chi connectivity index (χ0n) is 10.4. The maximum absolute atomic E-state index is 12.9. The van der Waals surface area contributed by atoms with Crippen molar-refractivity contribution in [2.24, 2.45) is 0 Å². The lowest BCUT2D eigenvalue weighted by atomic mass is 10.2. The Morgan fingerprint density at radius 2 is 2.00 bits per heavy atom. The molecule has 7 heteroatoms. The van der Waals surface area contributed by atoms with Crippen molar-refractivity contribution < 1.29 is 21.4 Å². The number of halogens is 2. The van der Waals surface area contributed by atoms with E-state index in [4.69, 9.17) is 4.18 Å². The predicted octanol–water partition coefficient (Wildman–Crippen LogP) is 1.70. The van der Waals surface area contributed by atoms with Gasteiger partial charge in [-0.2, -0.15) is 8.42 Å². The Bertz CT molecular complexity index is 543. The number of hydrogen-bond acceptors (Lipinski definition) is 4. The fourth-order valence-corrected chi connectivity index (χ4v) is 2.81. The van der Waals surface area contributed by atoms with Crippen molar-refractivity contribution in [3.63, 3.8) is 0 Å². The van der Waals surface area contributed by atoms with Crippen LogP contribution in [0.4, 0.5) is 8.78 Å². The molecule has 0 amide bonds. The Labute approximate surface area is 110 Å². The molecule has 1 saturated heterocycles. The average Bonchev–Trinajstić information content (AvgIpc) is 2.67. The second-order valence-corrected chi connectivity index (χ2v) is 6.30. The molecule has 1 N–H and O–H groups in total. The van der Waals surface area contributed by atoms with Gasteiger partial charge >= 0.3 is 0 Å². The summed E-state index contributed by atoms with van der Waals surface area (Å²) in [6.45, 7) is 1.11. The van der Waals surface area contributed by atoms with Crippen molar-refractivity contribution in [1.29, 1.82) is 0 Å². The van der Waals surface area contributed by atoms with Crippen molar-refractivity contribution in [3.05, 3.63) is 29.8 Å². The molecule has 0 aliphatic carbocycles. The van der Waals surface area contributed by atoms with Crippen LogP contribution in [0, 0.1) is 6.92 Å². The Balaban J connectivity index is 1.97. The second-order valence-electron chi connectivity index (χ2n) is 4.69. The molecule has 0 radical (unpaired) electrons. The summed E-state index contributed by atoms with van der Waals surface area (Å²) in [6.07, 6.45) is -0.406. The average molecular weight is 291 g/mol. The summed E-state index contributed by atoms with van der Waals surface area (Å²) in [4.78, 5) is 0.0304. The fourth-order valence-electron chi connectivity index (χ4n) is 1.86. The van der Waals surface area contributed by atoms with Crippen LogP contribution in [0.25, 0.3) is 0 Å². The molecule has 1 heterocycles. The highest BCUT2D eigenvalue weighted by Gasteiger charge is 2.39. The Hall–Kier alpha value is -1.05. The van der Waals surface area contributed by atoms with E-state index in [-0.39, 0.29) is 11.5 Å². The lowest BCUT2D eigenvalue weighted by Gasteiger charge is -2.11. The topological polar surface area (TPSA) is 55.4 Å². The molecule has 1 aliphatic rings. The van der Waals surface area contributed by atoms with Gasteiger partial charge in [0.15, 0.2) is 0 Å². The SMILES string of the molecule is Cc1ccc(S(=O)(=O)OC[C@H]2CC(F)(F)CN2)cc1. The van der Waals surface area contributed by atoms with Gasteiger partial charge in [0.25, 0.3) is 16.0 Å². The smallest absolute Gasteiger partial charge is 0.297 e. The van der Waals surface area contributed by atoms with E-state index in [0.29, 0.717) is 0 Å². The first-order valence-corrected chi connectivity index (χ1v) is 7.27. The highest BCUT2D eigenvalue weighted by molar-refractivity contribution is 7.86. The molecule has 1 fully saturated rings. The van der Waals surface area contributed by atoms with Gasteiger partial charge in [-0.05, 0) is 19.1 Å². The van der Waals surface area contributed by atoms with Gasteiger partial charge in [0.1, 0.15) is 0 Å². The zero-order valence-corrected chi connectivity index (χ0v) is 11.2. The molecule has 1 atom stereocenters. The van der Waals surface area contributed by atoms with Gasteiger partial charge in [-0.1, -0.05) is 17.7 Å². The van der Waals surface area contributed by atoms with E-state index in [0.717, 1.165) is 5.56 Å². The van der Waals surface area contributed by atoms with Gasteiger partial charge in [0.05, 0.1) is 18.0 Å². The number of benzene rings is 1. The maximum atomic E-state index is 12.9. The Kier molecular flexibility index (Phi) is 3.89. The summed E-state index contributed by atoms with van der Waals surface area (Å²) < 4.78 is 54.3. The monoisotopic (exact) mass is 291 g/mol. The molecule has 0 unspecified atom stereocenters. The Morgan fingerprint density at radius 3 is 2.53 bits per heavy atom. The molecule has 1 aromatic carbocycles. The van der Waals surface area contributed by atoms with Crippen LogP contribution >= 0.6 is 0 Å². The molecule has 19 heavy (non-hydrogen) atoms. The summed E-state index contributed by atoms with van der Waals surface area (Å²) in [5.74, 6) is -2.79. The number of hydrogen-bond donors (Lipinski definition) is 1. The third-order valence-corrected chi connectivity index (χ3v) is 4.22. The molecule has 2 rings (SSSR count). The van der Waals surface area contributed by atoms with Crippen molar-refractivity contribution in [2.45, 2.75) is 30.2 Å². The van der Waals surface area contributed by atoms with E-state index in [2.05, 4.69) is 5.32 Å². The number of rotatable bonds is 4. The van der Waals surface area contributed by atoms with Crippen LogP contribution in [0.1, 0.15) is 12.0 Å². The van der Waals surface area contributed by atoms with Gasteiger partial charge in [-0.3, -0.25) is 4.18 Å². The molecular formula is C12H15F2NO3S. The first kappa shape index (κ1) is 14.4. The molecule has 0 spiro atoms. The lowest BCUT2D eigenvalue weighted by molar-refractivity contribution is 0.0196. The molecule has 0 aromatic heterocycles. The maximum Gasteiger partial charge on any atom is 0.297 e. The predicted molar refractivity (Wildman–Crippen MR) is 65.7 cm³/mol. The highest BCUT2D eigenvalue weighted by Crippen LogP contribution is 2.25. The first-order valence-electron chi connectivity index (χ1n) is 5.86. The molecule has 1 aromatic rings. The largest absolute Gasteiger partial charge is 0.306 e. The lowest BCUT2D eigenvalue weighted by Crippen LogP contribution is -2.28. The van der Waals surface area contributed by atoms with E-state index in [1.807, 2.05) is 6.92 Å².